The Morgan fingerprint density at radius 2 is 1.77 bits per heavy atom. The number of hydrogen-bond donors (Lipinski definition) is 0. The summed E-state index contributed by atoms with van der Waals surface area (Å²) in [6.07, 6.45) is 0. The van der Waals surface area contributed by atoms with E-state index in [2.05, 4.69) is 10.1 Å². The Morgan fingerprint density at radius 3 is 2.43 bits per heavy atom. The van der Waals surface area contributed by atoms with Crippen LogP contribution >= 0.6 is 0 Å². The molecule has 0 radical (unpaired) electrons. The first-order chi connectivity index (χ1) is 14.3. The Bertz CT molecular complexity index is 1020. The summed E-state index contributed by atoms with van der Waals surface area (Å²) in [5.74, 6) is 0.818. The average molecular weight is 416 g/mol. The van der Waals surface area contributed by atoms with Gasteiger partial charge in [0, 0.05) is 5.56 Å². The Hall–Kier alpha value is -3.62. The predicted molar refractivity (Wildman–Crippen MR) is 104 cm³/mol. The molecule has 0 atom stereocenters. The summed E-state index contributed by atoms with van der Waals surface area (Å²) in [4.78, 5) is 16.6. The molecule has 2 aromatic carbocycles. The smallest absolute Gasteiger partial charge is 0.350 e. The van der Waals surface area contributed by atoms with Gasteiger partial charge in [-0.3, -0.25) is 0 Å². The van der Waals surface area contributed by atoms with Crippen molar-refractivity contribution in [2.24, 2.45) is 0 Å². The number of nitrogens with zero attached hydrogens (tertiary/aromatic N) is 2. The van der Waals surface area contributed by atoms with Crippen LogP contribution in [0.2, 0.25) is 0 Å². The molecule has 0 unspecified atom stereocenters. The third-order valence-electron chi connectivity index (χ3n) is 4.11. The zero-order valence-electron chi connectivity index (χ0n) is 17.0. The highest BCUT2D eigenvalue weighted by Gasteiger charge is 2.32. The maximum Gasteiger partial charge on any atom is 0.350 e. The molecule has 3 aromatic rings. The van der Waals surface area contributed by atoms with Gasteiger partial charge in [-0.05, 0) is 56.3 Å². The van der Waals surface area contributed by atoms with Crippen LogP contribution in [0.1, 0.15) is 19.7 Å². The van der Waals surface area contributed by atoms with Crippen LogP contribution in [-0.4, -0.2) is 35.9 Å². The summed E-state index contributed by atoms with van der Waals surface area (Å²) in [6, 6.07) is 10.5. The number of rotatable bonds is 8. The van der Waals surface area contributed by atoms with Crippen molar-refractivity contribution in [3.05, 3.63) is 54.2 Å². The molecule has 1 heterocycles. The lowest BCUT2D eigenvalue weighted by molar-refractivity contribution is -0.161. The summed E-state index contributed by atoms with van der Waals surface area (Å²) in [7, 11) is 3.07. The van der Waals surface area contributed by atoms with Crippen molar-refractivity contribution in [1.82, 2.24) is 10.1 Å². The van der Waals surface area contributed by atoms with E-state index in [1.165, 1.54) is 31.4 Å². The highest BCUT2D eigenvalue weighted by Crippen LogP contribution is 2.31. The summed E-state index contributed by atoms with van der Waals surface area (Å²) in [5, 5.41) is 3.89. The minimum absolute atomic E-state index is 0.116. The molecule has 0 aliphatic rings. The Balaban J connectivity index is 1.63. The highest BCUT2D eigenvalue weighted by atomic mass is 19.1. The largest absolute Gasteiger partial charge is 0.493 e. The molecule has 3 rings (SSSR count). The molecule has 158 valence electrons. The first kappa shape index (κ1) is 21.1. The molecule has 0 spiro atoms. The molecule has 0 N–H and O–H groups in total. The third kappa shape index (κ3) is 4.86. The van der Waals surface area contributed by atoms with E-state index in [1.807, 2.05) is 0 Å². The Morgan fingerprint density at radius 1 is 1.07 bits per heavy atom. The first-order valence-electron chi connectivity index (χ1n) is 8.99. The average Bonchev–Trinajstić information content (AvgIpc) is 3.22. The number of aromatic nitrogens is 2. The number of halogens is 1. The van der Waals surface area contributed by atoms with Crippen LogP contribution in [0.3, 0.4) is 0 Å². The lowest BCUT2D eigenvalue weighted by atomic mass is 10.1. The fourth-order valence-corrected chi connectivity index (χ4v) is 2.55. The minimum atomic E-state index is -1.30. The van der Waals surface area contributed by atoms with E-state index >= 15 is 0 Å². The van der Waals surface area contributed by atoms with Crippen molar-refractivity contribution in [2.45, 2.75) is 26.1 Å². The van der Waals surface area contributed by atoms with E-state index in [4.69, 9.17) is 23.5 Å². The minimum Gasteiger partial charge on any atom is -0.493 e. The van der Waals surface area contributed by atoms with Gasteiger partial charge in [0.25, 0.3) is 5.89 Å². The molecule has 30 heavy (non-hydrogen) atoms. The molecule has 0 fully saturated rings. The lowest BCUT2D eigenvalue weighted by Gasteiger charge is -2.23. The second kappa shape index (κ2) is 8.81. The summed E-state index contributed by atoms with van der Waals surface area (Å²) < 4.78 is 39.5. The van der Waals surface area contributed by atoms with Gasteiger partial charge in [0.15, 0.2) is 23.7 Å². The molecule has 1 aromatic heterocycles. The molecule has 0 amide bonds. The zero-order valence-corrected chi connectivity index (χ0v) is 17.0. The van der Waals surface area contributed by atoms with Crippen molar-refractivity contribution >= 4 is 5.97 Å². The van der Waals surface area contributed by atoms with Gasteiger partial charge in [-0.15, -0.1) is 0 Å². The maximum absolute atomic E-state index is 13.0. The van der Waals surface area contributed by atoms with Crippen molar-refractivity contribution in [3.63, 3.8) is 0 Å². The molecule has 8 nitrogen and oxygen atoms in total. The molecular weight excluding hydrogens is 395 g/mol. The lowest BCUT2D eigenvalue weighted by Crippen LogP contribution is -2.39. The van der Waals surface area contributed by atoms with E-state index < -0.39 is 17.4 Å². The van der Waals surface area contributed by atoms with Crippen molar-refractivity contribution in [3.8, 4) is 28.6 Å². The maximum atomic E-state index is 13.0. The number of methoxy groups -OCH3 is 2. The standard InChI is InChI=1S/C21H21FN2O6/c1-21(2,29-15-8-6-14(22)7-9-15)20(25)28-12-18-23-19(24-30-18)13-5-10-16(26-3)17(11-13)27-4/h5-11H,12H2,1-4H3. The van der Waals surface area contributed by atoms with E-state index in [9.17, 15) is 9.18 Å². The topological polar surface area (TPSA) is 92.9 Å². The van der Waals surface area contributed by atoms with Crippen LogP contribution in [0.15, 0.2) is 47.0 Å². The van der Waals surface area contributed by atoms with Gasteiger partial charge in [-0.2, -0.15) is 4.98 Å². The first-order valence-corrected chi connectivity index (χ1v) is 8.99. The molecular formula is C21H21FN2O6. The van der Waals surface area contributed by atoms with Gasteiger partial charge in [0.2, 0.25) is 5.82 Å². The number of ether oxygens (including phenoxy) is 4. The molecule has 9 heteroatoms. The van der Waals surface area contributed by atoms with Crippen molar-refractivity contribution in [2.75, 3.05) is 14.2 Å². The van der Waals surface area contributed by atoms with Crippen LogP contribution < -0.4 is 14.2 Å². The number of carbonyl (C=O) groups excluding carboxylic acids is 1. The predicted octanol–water partition coefficient (Wildman–Crippen LogP) is 3.79. The Labute approximate surface area is 172 Å². The fourth-order valence-electron chi connectivity index (χ4n) is 2.55. The van der Waals surface area contributed by atoms with Gasteiger partial charge in [0.05, 0.1) is 14.2 Å². The van der Waals surface area contributed by atoms with E-state index in [1.54, 1.807) is 39.2 Å². The van der Waals surface area contributed by atoms with Crippen molar-refractivity contribution in [1.29, 1.82) is 0 Å². The number of carbonyl (C=O) groups is 1. The monoisotopic (exact) mass is 416 g/mol. The quantitative estimate of drug-likeness (QED) is 0.512. The van der Waals surface area contributed by atoms with Crippen LogP contribution in [0.4, 0.5) is 4.39 Å². The van der Waals surface area contributed by atoms with Crippen molar-refractivity contribution < 1.29 is 32.7 Å². The van der Waals surface area contributed by atoms with Gasteiger partial charge in [0.1, 0.15) is 11.6 Å². The van der Waals surface area contributed by atoms with Gasteiger partial charge in [-0.1, -0.05) is 5.16 Å². The molecule has 0 saturated heterocycles. The molecule has 0 saturated carbocycles. The second-order valence-electron chi connectivity index (χ2n) is 6.72. The van der Waals surface area contributed by atoms with Crippen LogP contribution in [0.25, 0.3) is 11.4 Å². The van der Waals surface area contributed by atoms with E-state index in [-0.39, 0.29) is 12.5 Å². The second-order valence-corrected chi connectivity index (χ2v) is 6.72. The van der Waals surface area contributed by atoms with E-state index in [0.29, 0.717) is 28.6 Å². The molecule has 0 aliphatic heterocycles. The zero-order chi connectivity index (χ0) is 21.7. The number of hydrogen-bond acceptors (Lipinski definition) is 8. The summed E-state index contributed by atoms with van der Waals surface area (Å²) >= 11 is 0. The van der Waals surface area contributed by atoms with Crippen LogP contribution in [0.5, 0.6) is 17.2 Å². The van der Waals surface area contributed by atoms with Gasteiger partial charge >= 0.3 is 5.97 Å². The van der Waals surface area contributed by atoms with Crippen LogP contribution in [-0.2, 0) is 16.1 Å². The highest BCUT2D eigenvalue weighted by molar-refractivity contribution is 5.79. The van der Waals surface area contributed by atoms with E-state index in [0.717, 1.165) is 0 Å². The summed E-state index contributed by atoms with van der Waals surface area (Å²) in [6.45, 7) is 2.86. The van der Waals surface area contributed by atoms with Crippen LogP contribution in [0, 0.1) is 5.82 Å². The number of benzene rings is 2. The summed E-state index contributed by atoms with van der Waals surface area (Å²) in [5.41, 5.74) is -0.654. The number of esters is 1. The van der Waals surface area contributed by atoms with Gasteiger partial charge < -0.3 is 23.5 Å². The molecule has 0 aliphatic carbocycles. The fraction of sp³-hybridized carbons (Fsp3) is 0.286. The SMILES string of the molecule is COc1ccc(-c2noc(COC(=O)C(C)(C)Oc3ccc(F)cc3)n2)cc1OC. The van der Waals surface area contributed by atoms with Gasteiger partial charge in [-0.25, -0.2) is 9.18 Å². The molecule has 0 bridgehead atoms. The third-order valence-corrected chi connectivity index (χ3v) is 4.11. The Kier molecular flexibility index (Phi) is 6.20. The normalized spacial score (nSPS) is 11.1.